The summed E-state index contributed by atoms with van der Waals surface area (Å²) in [7, 11) is 4.06. The van der Waals surface area contributed by atoms with Crippen molar-refractivity contribution in [3.8, 4) is 6.07 Å². The van der Waals surface area contributed by atoms with E-state index in [-0.39, 0.29) is 6.04 Å². The topological polar surface area (TPSA) is 39.1 Å². The lowest BCUT2D eigenvalue weighted by Gasteiger charge is -2.14. The van der Waals surface area contributed by atoms with E-state index in [2.05, 4.69) is 16.3 Å². The Bertz CT molecular complexity index is 427. The van der Waals surface area contributed by atoms with Crippen LogP contribution >= 0.6 is 23.2 Å². The summed E-state index contributed by atoms with van der Waals surface area (Å²) in [5.41, 5.74) is 0.844. The van der Waals surface area contributed by atoms with Crippen LogP contribution in [0, 0.1) is 11.3 Å². The number of nitriles is 1. The summed E-state index contributed by atoms with van der Waals surface area (Å²) in [6, 6.07) is 7.15. The van der Waals surface area contributed by atoms with Gasteiger partial charge in [-0.1, -0.05) is 29.3 Å². The number of benzene rings is 1. The van der Waals surface area contributed by atoms with Crippen LogP contribution in [0.1, 0.15) is 18.0 Å². The van der Waals surface area contributed by atoms with Crippen LogP contribution in [0.5, 0.6) is 0 Å². The lowest BCUT2D eigenvalue weighted by atomic mass is 10.1. The Morgan fingerprint density at radius 2 is 2.06 bits per heavy atom. The monoisotopic (exact) mass is 285 g/mol. The van der Waals surface area contributed by atoms with Gasteiger partial charge >= 0.3 is 0 Å². The molecule has 0 fully saturated rings. The molecule has 0 amide bonds. The molecule has 0 heterocycles. The summed E-state index contributed by atoms with van der Waals surface area (Å²) < 4.78 is 0. The summed E-state index contributed by atoms with van der Waals surface area (Å²) in [6.07, 6.45) is 0.993. The minimum Gasteiger partial charge on any atom is -0.309 e. The van der Waals surface area contributed by atoms with Crippen molar-refractivity contribution in [3.05, 3.63) is 33.8 Å². The molecule has 18 heavy (non-hydrogen) atoms. The molecule has 0 saturated heterocycles. The molecular formula is C13H17Cl2N3. The Balaban J connectivity index is 2.55. The fourth-order valence-corrected chi connectivity index (χ4v) is 1.88. The first-order valence-electron chi connectivity index (χ1n) is 5.77. The van der Waals surface area contributed by atoms with Gasteiger partial charge in [-0.15, -0.1) is 0 Å². The molecule has 1 aromatic carbocycles. The van der Waals surface area contributed by atoms with Gasteiger partial charge in [0.2, 0.25) is 0 Å². The number of halogens is 2. The normalized spacial score (nSPS) is 12.4. The van der Waals surface area contributed by atoms with Crippen molar-refractivity contribution in [3.63, 3.8) is 0 Å². The zero-order chi connectivity index (χ0) is 13.5. The molecule has 1 rings (SSSR count). The second-order valence-corrected chi connectivity index (χ2v) is 5.16. The van der Waals surface area contributed by atoms with E-state index in [1.807, 2.05) is 20.2 Å². The zero-order valence-corrected chi connectivity index (χ0v) is 12.1. The Labute approximate surface area is 118 Å². The summed E-state index contributed by atoms with van der Waals surface area (Å²) in [6.45, 7) is 1.78. The molecule has 0 spiro atoms. The SMILES string of the molecule is CN(C)CCCNC(C#N)c1ccc(Cl)c(Cl)c1. The standard InChI is InChI=1S/C13H17Cl2N3/c1-18(2)7-3-6-17-13(9-16)10-4-5-11(14)12(15)8-10/h4-5,8,13,17H,3,6-7H2,1-2H3. The van der Waals surface area contributed by atoms with Gasteiger partial charge in [0, 0.05) is 0 Å². The number of rotatable bonds is 6. The first-order chi connectivity index (χ1) is 8.54. The average Bonchev–Trinajstić information content (AvgIpc) is 2.33. The van der Waals surface area contributed by atoms with Gasteiger partial charge < -0.3 is 4.90 Å². The molecule has 98 valence electrons. The van der Waals surface area contributed by atoms with E-state index in [4.69, 9.17) is 28.5 Å². The van der Waals surface area contributed by atoms with Crippen LogP contribution in [0.3, 0.4) is 0 Å². The Hall–Kier alpha value is -0.790. The Morgan fingerprint density at radius 3 is 2.61 bits per heavy atom. The van der Waals surface area contributed by atoms with Gasteiger partial charge in [-0.2, -0.15) is 5.26 Å². The molecule has 3 nitrogen and oxygen atoms in total. The minimum absolute atomic E-state index is 0.345. The molecule has 1 aromatic rings. The van der Waals surface area contributed by atoms with E-state index in [0.717, 1.165) is 25.1 Å². The van der Waals surface area contributed by atoms with Crippen molar-refractivity contribution in [1.82, 2.24) is 10.2 Å². The molecular weight excluding hydrogens is 269 g/mol. The lowest BCUT2D eigenvalue weighted by Crippen LogP contribution is -2.24. The van der Waals surface area contributed by atoms with Crippen LogP contribution < -0.4 is 5.32 Å². The number of nitrogens with zero attached hydrogens (tertiary/aromatic N) is 2. The molecule has 5 heteroatoms. The van der Waals surface area contributed by atoms with Crippen LogP contribution in [-0.4, -0.2) is 32.1 Å². The first kappa shape index (κ1) is 15.3. The third-order valence-electron chi connectivity index (χ3n) is 2.54. The van der Waals surface area contributed by atoms with Crippen LogP contribution in [0.2, 0.25) is 10.0 Å². The van der Waals surface area contributed by atoms with Crippen LogP contribution in [0.25, 0.3) is 0 Å². The van der Waals surface area contributed by atoms with Crippen LogP contribution in [0.4, 0.5) is 0 Å². The van der Waals surface area contributed by atoms with Crippen LogP contribution in [-0.2, 0) is 0 Å². The second-order valence-electron chi connectivity index (χ2n) is 4.35. The van der Waals surface area contributed by atoms with Crippen molar-refractivity contribution >= 4 is 23.2 Å². The highest BCUT2D eigenvalue weighted by molar-refractivity contribution is 6.42. The van der Waals surface area contributed by atoms with Gasteiger partial charge in [0.1, 0.15) is 6.04 Å². The van der Waals surface area contributed by atoms with Gasteiger partial charge in [0.05, 0.1) is 16.1 Å². The summed E-state index contributed by atoms with van der Waals surface area (Å²) in [4.78, 5) is 2.11. The van der Waals surface area contributed by atoms with E-state index in [1.54, 1.807) is 12.1 Å². The van der Waals surface area contributed by atoms with E-state index in [1.165, 1.54) is 0 Å². The Kier molecular flexibility index (Phi) is 6.45. The highest BCUT2D eigenvalue weighted by Gasteiger charge is 2.11. The molecule has 0 aliphatic rings. The average molecular weight is 286 g/mol. The highest BCUT2D eigenvalue weighted by atomic mass is 35.5. The first-order valence-corrected chi connectivity index (χ1v) is 6.53. The summed E-state index contributed by atoms with van der Waals surface area (Å²) >= 11 is 11.8. The third-order valence-corrected chi connectivity index (χ3v) is 3.28. The molecule has 1 N–H and O–H groups in total. The van der Waals surface area contributed by atoms with Crippen molar-refractivity contribution in [2.24, 2.45) is 0 Å². The molecule has 1 unspecified atom stereocenters. The molecule has 0 aromatic heterocycles. The van der Waals surface area contributed by atoms with E-state index in [9.17, 15) is 0 Å². The highest BCUT2D eigenvalue weighted by Crippen LogP contribution is 2.25. The largest absolute Gasteiger partial charge is 0.309 e. The molecule has 0 saturated carbocycles. The van der Waals surface area contributed by atoms with Gasteiger partial charge in [0.15, 0.2) is 0 Å². The molecule has 0 aliphatic heterocycles. The number of nitrogens with one attached hydrogen (secondary N) is 1. The van der Waals surface area contributed by atoms with Gasteiger partial charge in [-0.3, -0.25) is 5.32 Å². The summed E-state index contributed by atoms with van der Waals surface area (Å²) in [5.74, 6) is 0. The predicted molar refractivity (Wildman–Crippen MR) is 76.0 cm³/mol. The van der Waals surface area contributed by atoms with E-state index >= 15 is 0 Å². The molecule has 0 aliphatic carbocycles. The molecule has 0 bridgehead atoms. The maximum atomic E-state index is 9.15. The van der Waals surface area contributed by atoms with Gasteiger partial charge in [-0.25, -0.2) is 0 Å². The fraction of sp³-hybridized carbons (Fsp3) is 0.462. The maximum Gasteiger partial charge on any atom is 0.121 e. The van der Waals surface area contributed by atoms with Crippen molar-refractivity contribution < 1.29 is 0 Å². The second kappa shape index (κ2) is 7.60. The predicted octanol–water partition coefficient (Wildman–Crippen LogP) is 3.10. The van der Waals surface area contributed by atoms with Crippen molar-refractivity contribution in [1.29, 1.82) is 5.26 Å². The number of hydrogen-bond acceptors (Lipinski definition) is 3. The van der Waals surface area contributed by atoms with Gasteiger partial charge in [-0.05, 0) is 51.3 Å². The fourth-order valence-electron chi connectivity index (χ4n) is 1.57. The van der Waals surface area contributed by atoms with Crippen molar-refractivity contribution in [2.75, 3.05) is 27.2 Å². The quantitative estimate of drug-likeness (QED) is 0.817. The lowest BCUT2D eigenvalue weighted by molar-refractivity contribution is 0.392. The van der Waals surface area contributed by atoms with E-state index in [0.29, 0.717) is 10.0 Å². The Morgan fingerprint density at radius 1 is 1.33 bits per heavy atom. The summed E-state index contributed by atoms with van der Waals surface area (Å²) in [5, 5.41) is 13.3. The number of hydrogen-bond donors (Lipinski definition) is 1. The minimum atomic E-state index is -0.345. The van der Waals surface area contributed by atoms with Crippen molar-refractivity contribution in [2.45, 2.75) is 12.5 Å². The maximum absolute atomic E-state index is 9.15. The third kappa shape index (κ3) is 4.83. The molecule has 1 atom stereocenters. The molecule has 0 radical (unpaired) electrons. The smallest absolute Gasteiger partial charge is 0.121 e. The zero-order valence-electron chi connectivity index (χ0n) is 10.6. The van der Waals surface area contributed by atoms with Gasteiger partial charge in [0.25, 0.3) is 0 Å². The van der Waals surface area contributed by atoms with Crippen LogP contribution in [0.15, 0.2) is 18.2 Å². The van der Waals surface area contributed by atoms with E-state index < -0.39 is 0 Å².